The van der Waals surface area contributed by atoms with Crippen LogP contribution >= 0.6 is 0 Å². The highest BCUT2D eigenvalue weighted by Gasteiger charge is 2.32. The summed E-state index contributed by atoms with van der Waals surface area (Å²) < 4.78 is 1.56. The maximum Gasteiger partial charge on any atom is 0.274 e. The van der Waals surface area contributed by atoms with E-state index in [1.165, 1.54) is 4.90 Å². The van der Waals surface area contributed by atoms with Gasteiger partial charge in [-0.25, -0.2) is 0 Å². The molecule has 0 saturated carbocycles. The Morgan fingerprint density at radius 2 is 1.92 bits per heavy atom. The van der Waals surface area contributed by atoms with Gasteiger partial charge in [-0.2, -0.15) is 0 Å². The van der Waals surface area contributed by atoms with Gasteiger partial charge in [-0.1, -0.05) is 29.8 Å². The summed E-state index contributed by atoms with van der Waals surface area (Å²) in [6.45, 7) is 2.83. The first-order valence-electron chi connectivity index (χ1n) is 8.24. The molecule has 1 aliphatic heterocycles. The number of hydrogen-bond acceptors (Lipinski definition) is 3. The van der Waals surface area contributed by atoms with Crippen molar-refractivity contribution < 1.29 is 9.59 Å². The highest BCUT2D eigenvalue weighted by molar-refractivity contribution is 5.97. The maximum absolute atomic E-state index is 12.6. The first kappa shape index (κ1) is 17.0. The van der Waals surface area contributed by atoms with E-state index in [0.717, 1.165) is 11.1 Å². The van der Waals surface area contributed by atoms with Crippen molar-refractivity contribution in [2.75, 3.05) is 18.9 Å². The van der Waals surface area contributed by atoms with E-state index in [2.05, 4.69) is 5.32 Å². The number of pyridine rings is 1. The molecule has 1 atom stereocenters. The van der Waals surface area contributed by atoms with Crippen LogP contribution in [0.4, 0.5) is 5.69 Å². The van der Waals surface area contributed by atoms with E-state index >= 15 is 0 Å². The molecule has 0 spiro atoms. The van der Waals surface area contributed by atoms with Crippen molar-refractivity contribution in [3.63, 3.8) is 0 Å². The molecule has 0 radical (unpaired) electrons. The molecule has 0 unspecified atom stereocenters. The average Bonchev–Trinajstić information content (AvgIpc) is 2.92. The molecule has 3 rings (SSSR count). The van der Waals surface area contributed by atoms with Crippen LogP contribution in [-0.2, 0) is 16.1 Å². The lowest BCUT2D eigenvalue weighted by molar-refractivity contribution is -0.127. The van der Waals surface area contributed by atoms with Gasteiger partial charge >= 0.3 is 0 Å². The lowest BCUT2D eigenvalue weighted by Crippen LogP contribution is -2.30. The molecular formula is C19H21N3O3. The van der Waals surface area contributed by atoms with Crippen molar-refractivity contribution in [3.05, 3.63) is 64.1 Å². The van der Waals surface area contributed by atoms with Crippen LogP contribution in [0.15, 0.2) is 47.4 Å². The number of aryl methyl sites for hydroxylation is 1. The summed E-state index contributed by atoms with van der Waals surface area (Å²) in [6.07, 6.45) is 1.89. The van der Waals surface area contributed by atoms with Gasteiger partial charge in [0.15, 0.2) is 0 Å². The lowest BCUT2D eigenvalue weighted by atomic mass is 10.1. The summed E-state index contributed by atoms with van der Waals surface area (Å²) in [6, 6.07) is 11.3. The number of aromatic nitrogens is 1. The minimum atomic E-state index is -0.414. The summed E-state index contributed by atoms with van der Waals surface area (Å²) in [5.41, 5.74) is 2.16. The second-order valence-electron chi connectivity index (χ2n) is 6.51. The number of carbonyl (C=O) groups excluding carboxylic acids is 2. The van der Waals surface area contributed by atoms with E-state index in [1.54, 1.807) is 29.9 Å². The molecule has 1 aromatic heterocycles. The molecule has 6 heteroatoms. The number of rotatable bonds is 4. The van der Waals surface area contributed by atoms with Crippen molar-refractivity contribution in [2.24, 2.45) is 5.92 Å². The summed E-state index contributed by atoms with van der Waals surface area (Å²) in [4.78, 5) is 38.0. The topological polar surface area (TPSA) is 71.4 Å². The standard InChI is InChI=1S/C19H21N3O3/c1-13-5-7-14(8-6-13)11-22-9-3-4-16(19(22)25)20-18(24)15-10-17(23)21(2)12-15/h3-9,15H,10-12H2,1-2H3,(H,20,24)/t15-/m0/s1. The first-order chi connectivity index (χ1) is 11.9. The third-order valence-corrected chi connectivity index (χ3v) is 4.46. The Morgan fingerprint density at radius 1 is 1.20 bits per heavy atom. The van der Waals surface area contributed by atoms with Gasteiger partial charge in [0.25, 0.3) is 5.56 Å². The number of benzene rings is 1. The Kier molecular flexibility index (Phi) is 4.70. The van der Waals surface area contributed by atoms with Crippen LogP contribution in [0.5, 0.6) is 0 Å². The van der Waals surface area contributed by atoms with Gasteiger partial charge in [0.05, 0.1) is 12.5 Å². The number of hydrogen-bond donors (Lipinski definition) is 1. The molecule has 2 aromatic rings. The molecule has 0 bridgehead atoms. The minimum absolute atomic E-state index is 0.0509. The Morgan fingerprint density at radius 3 is 2.56 bits per heavy atom. The van der Waals surface area contributed by atoms with Crippen LogP contribution in [-0.4, -0.2) is 34.9 Å². The molecule has 1 saturated heterocycles. The second kappa shape index (κ2) is 6.93. The van der Waals surface area contributed by atoms with Crippen LogP contribution in [0.2, 0.25) is 0 Å². The predicted molar refractivity (Wildman–Crippen MR) is 95.4 cm³/mol. The molecule has 1 fully saturated rings. The fourth-order valence-corrected chi connectivity index (χ4v) is 2.92. The average molecular weight is 339 g/mol. The predicted octanol–water partition coefficient (Wildman–Crippen LogP) is 1.62. The molecular weight excluding hydrogens is 318 g/mol. The Bertz CT molecular complexity index is 855. The second-order valence-corrected chi connectivity index (χ2v) is 6.51. The molecule has 25 heavy (non-hydrogen) atoms. The molecule has 130 valence electrons. The monoisotopic (exact) mass is 339 g/mol. The van der Waals surface area contributed by atoms with Crippen LogP contribution in [0.3, 0.4) is 0 Å². The van der Waals surface area contributed by atoms with Crippen molar-refractivity contribution in [1.82, 2.24) is 9.47 Å². The van der Waals surface area contributed by atoms with Crippen LogP contribution < -0.4 is 10.9 Å². The van der Waals surface area contributed by atoms with Crippen LogP contribution in [0, 0.1) is 12.8 Å². The quantitative estimate of drug-likeness (QED) is 0.920. The Labute approximate surface area is 146 Å². The van der Waals surface area contributed by atoms with E-state index in [-0.39, 0.29) is 29.5 Å². The normalized spacial score (nSPS) is 17.0. The molecule has 2 amide bonds. The first-order valence-corrected chi connectivity index (χ1v) is 8.24. The van der Waals surface area contributed by atoms with E-state index in [4.69, 9.17) is 0 Å². The highest BCUT2D eigenvalue weighted by Crippen LogP contribution is 2.17. The molecule has 6 nitrogen and oxygen atoms in total. The van der Waals surface area contributed by atoms with Crippen molar-refractivity contribution >= 4 is 17.5 Å². The van der Waals surface area contributed by atoms with E-state index in [9.17, 15) is 14.4 Å². The van der Waals surface area contributed by atoms with Gasteiger partial charge in [-0.05, 0) is 24.6 Å². The third kappa shape index (κ3) is 3.79. The lowest BCUT2D eigenvalue weighted by Gasteiger charge is -2.12. The molecule has 1 N–H and O–H groups in total. The summed E-state index contributed by atoms with van der Waals surface area (Å²) >= 11 is 0. The van der Waals surface area contributed by atoms with Gasteiger partial charge < -0.3 is 14.8 Å². The van der Waals surface area contributed by atoms with Crippen molar-refractivity contribution in [1.29, 1.82) is 0 Å². The fourth-order valence-electron chi connectivity index (χ4n) is 2.92. The summed E-state index contributed by atoms with van der Waals surface area (Å²) in [5, 5.41) is 2.68. The molecule has 1 aromatic carbocycles. The zero-order valence-electron chi connectivity index (χ0n) is 14.4. The largest absolute Gasteiger partial charge is 0.345 e. The van der Waals surface area contributed by atoms with Gasteiger partial charge in [-0.15, -0.1) is 0 Å². The number of likely N-dealkylation sites (tertiary alicyclic amines) is 1. The molecule has 1 aliphatic rings. The number of anilines is 1. The molecule has 2 heterocycles. The zero-order chi connectivity index (χ0) is 18.0. The van der Waals surface area contributed by atoms with E-state index in [0.29, 0.717) is 13.1 Å². The van der Waals surface area contributed by atoms with E-state index < -0.39 is 5.92 Å². The summed E-state index contributed by atoms with van der Waals surface area (Å²) in [5.74, 6) is -0.754. The number of nitrogens with one attached hydrogen (secondary N) is 1. The van der Waals surface area contributed by atoms with Crippen molar-refractivity contribution in [2.45, 2.75) is 19.9 Å². The SMILES string of the molecule is Cc1ccc(Cn2cccc(NC(=O)[C@H]3CC(=O)N(C)C3)c2=O)cc1. The third-order valence-electron chi connectivity index (χ3n) is 4.46. The number of amides is 2. The van der Waals surface area contributed by atoms with Gasteiger partial charge in [0.2, 0.25) is 11.8 Å². The minimum Gasteiger partial charge on any atom is -0.345 e. The van der Waals surface area contributed by atoms with Gasteiger partial charge in [0.1, 0.15) is 5.69 Å². The number of nitrogens with zero attached hydrogens (tertiary/aromatic N) is 2. The molecule has 0 aliphatic carbocycles. The van der Waals surface area contributed by atoms with Crippen LogP contribution in [0.25, 0.3) is 0 Å². The zero-order valence-corrected chi connectivity index (χ0v) is 14.4. The Balaban J connectivity index is 1.75. The summed E-state index contributed by atoms with van der Waals surface area (Å²) in [7, 11) is 1.67. The highest BCUT2D eigenvalue weighted by atomic mass is 16.2. The fraction of sp³-hybridized carbons (Fsp3) is 0.316. The Hall–Kier alpha value is -2.89. The maximum atomic E-state index is 12.6. The van der Waals surface area contributed by atoms with Gasteiger partial charge in [0, 0.05) is 26.2 Å². The number of carbonyl (C=O) groups is 2. The van der Waals surface area contributed by atoms with Gasteiger partial charge in [-0.3, -0.25) is 14.4 Å². The van der Waals surface area contributed by atoms with Crippen LogP contribution in [0.1, 0.15) is 17.5 Å². The van der Waals surface area contributed by atoms with Crippen molar-refractivity contribution in [3.8, 4) is 0 Å². The van der Waals surface area contributed by atoms with E-state index in [1.807, 2.05) is 31.2 Å². The smallest absolute Gasteiger partial charge is 0.274 e.